The van der Waals surface area contributed by atoms with Crippen molar-refractivity contribution in [1.29, 1.82) is 0 Å². The van der Waals surface area contributed by atoms with Crippen molar-refractivity contribution in [2.45, 2.75) is 19.6 Å². The molecule has 2 rings (SSSR count). The van der Waals surface area contributed by atoms with Crippen LogP contribution in [0.15, 0.2) is 46.9 Å². The van der Waals surface area contributed by atoms with Gasteiger partial charge in [-0.05, 0) is 30.7 Å². The molecule has 5 nitrogen and oxygen atoms in total. The van der Waals surface area contributed by atoms with E-state index in [9.17, 15) is 15.2 Å². The monoisotopic (exact) mass is 351 g/mol. The fraction of sp³-hybridized carbons (Fsp3) is 0.200. The van der Waals surface area contributed by atoms with Crippen molar-refractivity contribution in [1.82, 2.24) is 0 Å². The summed E-state index contributed by atoms with van der Waals surface area (Å²) in [4.78, 5) is 10.3. The number of aliphatic hydroxyl groups excluding tert-OH is 1. The van der Waals surface area contributed by atoms with Gasteiger partial charge in [0.15, 0.2) is 0 Å². The summed E-state index contributed by atoms with van der Waals surface area (Å²) in [6.07, 6.45) is -0.664. The molecule has 0 fully saturated rings. The van der Waals surface area contributed by atoms with Crippen LogP contribution in [0.5, 0.6) is 5.75 Å². The third-order valence-electron chi connectivity index (χ3n) is 2.94. The molecule has 2 aromatic rings. The summed E-state index contributed by atoms with van der Waals surface area (Å²) in [6.45, 7) is 1.85. The highest BCUT2D eigenvalue weighted by Crippen LogP contribution is 2.29. The van der Waals surface area contributed by atoms with E-state index in [1.54, 1.807) is 31.2 Å². The average Bonchev–Trinajstić information content (AvgIpc) is 2.46. The Morgan fingerprint density at radius 2 is 2.10 bits per heavy atom. The highest BCUT2D eigenvalue weighted by molar-refractivity contribution is 9.10. The number of rotatable bonds is 5. The van der Waals surface area contributed by atoms with Gasteiger partial charge >= 0.3 is 0 Å². The van der Waals surface area contributed by atoms with Gasteiger partial charge in [-0.1, -0.05) is 28.1 Å². The second-order valence-electron chi connectivity index (χ2n) is 4.57. The maximum atomic E-state index is 10.7. The van der Waals surface area contributed by atoms with Crippen molar-refractivity contribution < 1.29 is 14.8 Å². The molecule has 0 unspecified atom stereocenters. The molecular formula is C15H14BrNO4. The maximum absolute atomic E-state index is 10.7. The van der Waals surface area contributed by atoms with E-state index in [1.807, 2.05) is 6.07 Å². The first-order valence-electron chi connectivity index (χ1n) is 6.31. The number of non-ortho nitro benzene ring substituents is 1. The summed E-state index contributed by atoms with van der Waals surface area (Å²) < 4.78 is 6.52. The molecule has 0 aromatic heterocycles. The predicted octanol–water partition coefficient (Wildman–Crippen LogP) is 3.99. The summed E-state index contributed by atoms with van der Waals surface area (Å²) in [7, 11) is 0. The summed E-state index contributed by atoms with van der Waals surface area (Å²) in [6, 6.07) is 11.6. The van der Waals surface area contributed by atoms with Gasteiger partial charge in [-0.25, -0.2) is 0 Å². The molecule has 0 bridgehead atoms. The summed E-state index contributed by atoms with van der Waals surface area (Å²) >= 11 is 3.34. The lowest BCUT2D eigenvalue weighted by Gasteiger charge is -2.14. The molecule has 0 radical (unpaired) electrons. The van der Waals surface area contributed by atoms with Crippen molar-refractivity contribution in [2.24, 2.45) is 0 Å². The minimum atomic E-state index is -0.664. The van der Waals surface area contributed by atoms with Crippen LogP contribution in [0.4, 0.5) is 5.69 Å². The molecule has 0 saturated carbocycles. The van der Waals surface area contributed by atoms with Gasteiger partial charge in [0.2, 0.25) is 0 Å². The Balaban J connectivity index is 2.16. The molecule has 0 saturated heterocycles. The third kappa shape index (κ3) is 4.03. The van der Waals surface area contributed by atoms with Crippen LogP contribution in [0.25, 0.3) is 0 Å². The van der Waals surface area contributed by atoms with Gasteiger partial charge in [0.1, 0.15) is 12.4 Å². The Labute approximate surface area is 130 Å². The summed E-state index contributed by atoms with van der Waals surface area (Å²) in [5.74, 6) is 0.555. The third-order valence-corrected chi connectivity index (χ3v) is 3.43. The Bertz CT molecular complexity index is 658. The van der Waals surface area contributed by atoms with E-state index < -0.39 is 11.0 Å². The Morgan fingerprint density at radius 3 is 2.76 bits per heavy atom. The Hall–Kier alpha value is -1.92. The van der Waals surface area contributed by atoms with Crippen LogP contribution in [0.1, 0.15) is 24.2 Å². The largest absolute Gasteiger partial charge is 0.489 e. The molecule has 21 heavy (non-hydrogen) atoms. The van der Waals surface area contributed by atoms with Crippen molar-refractivity contribution in [3.8, 4) is 5.75 Å². The lowest BCUT2D eigenvalue weighted by molar-refractivity contribution is -0.384. The fourth-order valence-electron chi connectivity index (χ4n) is 1.90. The van der Waals surface area contributed by atoms with Crippen LogP contribution in [-0.4, -0.2) is 10.0 Å². The predicted molar refractivity (Wildman–Crippen MR) is 82.2 cm³/mol. The molecule has 110 valence electrons. The van der Waals surface area contributed by atoms with Gasteiger partial charge in [0.05, 0.1) is 11.0 Å². The molecule has 0 aliphatic carbocycles. The average molecular weight is 352 g/mol. The van der Waals surface area contributed by atoms with Crippen molar-refractivity contribution in [3.63, 3.8) is 0 Å². The zero-order valence-corrected chi connectivity index (χ0v) is 12.9. The van der Waals surface area contributed by atoms with E-state index in [-0.39, 0.29) is 12.3 Å². The van der Waals surface area contributed by atoms with E-state index in [1.165, 1.54) is 12.1 Å². The van der Waals surface area contributed by atoms with Crippen LogP contribution >= 0.6 is 15.9 Å². The van der Waals surface area contributed by atoms with Gasteiger partial charge in [-0.3, -0.25) is 10.1 Å². The molecule has 0 spiro atoms. The normalized spacial score (nSPS) is 12.0. The minimum absolute atomic E-state index is 0.0302. The lowest BCUT2D eigenvalue weighted by Crippen LogP contribution is -2.01. The Morgan fingerprint density at radius 1 is 1.33 bits per heavy atom. The Kier molecular flexibility index (Phi) is 4.93. The van der Waals surface area contributed by atoms with E-state index in [0.717, 1.165) is 4.47 Å². The van der Waals surface area contributed by atoms with Crippen LogP contribution in [-0.2, 0) is 6.61 Å². The number of benzene rings is 2. The number of nitrogens with zero attached hydrogens (tertiary/aromatic N) is 1. The second-order valence-corrected chi connectivity index (χ2v) is 5.49. The van der Waals surface area contributed by atoms with E-state index in [0.29, 0.717) is 16.9 Å². The van der Waals surface area contributed by atoms with E-state index in [2.05, 4.69) is 15.9 Å². The fourth-order valence-corrected chi connectivity index (χ4v) is 2.28. The van der Waals surface area contributed by atoms with Crippen LogP contribution in [0.3, 0.4) is 0 Å². The molecule has 0 aliphatic rings. The van der Waals surface area contributed by atoms with Gasteiger partial charge in [0.25, 0.3) is 5.69 Å². The van der Waals surface area contributed by atoms with E-state index in [4.69, 9.17) is 4.74 Å². The first-order valence-corrected chi connectivity index (χ1v) is 7.10. The first-order chi connectivity index (χ1) is 9.97. The number of ether oxygens (including phenoxy) is 1. The van der Waals surface area contributed by atoms with Crippen LogP contribution in [0, 0.1) is 10.1 Å². The maximum Gasteiger partial charge on any atom is 0.269 e. The SMILES string of the molecule is C[C@@H](O)c1cc(Br)ccc1OCc1cccc([N+](=O)[O-])c1. The zero-order valence-electron chi connectivity index (χ0n) is 11.3. The number of hydrogen-bond acceptors (Lipinski definition) is 4. The number of aliphatic hydroxyl groups is 1. The second kappa shape index (κ2) is 6.69. The molecular weight excluding hydrogens is 338 g/mol. The molecule has 0 aliphatic heterocycles. The van der Waals surface area contributed by atoms with Crippen LogP contribution < -0.4 is 4.74 Å². The molecule has 1 N–H and O–H groups in total. The van der Waals surface area contributed by atoms with Crippen molar-refractivity contribution in [3.05, 3.63) is 68.2 Å². The zero-order chi connectivity index (χ0) is 15.4. The summed E-state index contributed by atoms with van der Waals surface area (Å²) in [5.41, 5.74) is 1.39. The first kappa shape index (κ1) is 15.5. The molecule has 2 aromatic carbocycles. The van der Waals surface area contributed by atoms with Crippen LogP contribution in [0.2, 0.25) is 0 Å². The highest BCUT2D eigenvalue weighted by Gasteiger charge is 2.11. The van der Waals surface area contributed by atoms with Crippen molar-refractivity contribution in [2.75, 3.05) is 0 Å². The van der Waals surface area contributed by atoms with Gasteiger partial charge in [-0.2, -0.15) is 0 Å². The number of halogens is 1. The smallest absolute Gasteiger partial charge is 0.269 e. The van der Waals surface area contributed by atoms with Gasteiger partial charge in [-0.15, -0.1) is 0 Å². The molecule has 1 atom stereocenters. The van der Waals surface area contributed by atoms with E-state index >= 15 is 0 Å². The highest BCUT2D eigenvalue weighted by atomic mass is 79.9. The van der Waals surface area contributed by atoms with Gasteiger partial charge < -0.3 is 9.84 Å². The summed E-state index contributed by atoms with van der Waals surface area (Å²) in [5, 5.41) is 20.5. The molecule has 0 heterocycles. The quantitative estimate of drug-likeness (QED) is 0.652. The lowest BCUT2D eigenvalue weighted by atomic mass is 10.1. The topological polar surface area (TPSA) is 72.6 Å². The minimum Gasteiger partial charge on any atom is -0.489 e. The number of nitro benzene ring substituents is 1. The standard InChI is InChI=1S/C15H14BrNO4/c1-10(18)14-8-12(16)5-6-15(14)21-9-11-3-2-4-13(7-11)17(19)20/h2-8,10,18H,9H2,1H3/t10-/m1/s1. The molecule has 0 amide bonds. The molecule has 6 heteroatoms. The van der Waals surface area contributed by atoms with Gasteiger partial charge in [0, 0.05) is 22.2 Å². The van der Waals surface area contributed by atoms with Crippen molar-refractivity contribution >= 4 is 21.6 Å². The number of nitro groups is 1. The number of hydrogen-bond donors (Lipinski definition) is 1.